The highest BCUT2D eigenvalue weighted by molar-refractivity contribution is 7.85. The van der Waals surface area contributed by atoms with Crippen LogP contribution in [0.2, 0.25) is 6.04 Å². The van der Waals surface area contributed by atoms with Crippen LogP contribution in [0.4, 0.5) is 0 Å². The summed E-state index contributed by atoms with van der Waals surface area (Å²) in [4.78, 5) is -0.0741. The van der Waals surface area contributed by atoms with E-state index < -0.39 is 18.9 Å². The van der Waals surface area contributed by atoms with Gasteiger partial charge >= 0.3 is 8.80 Å². The molecule has 0 amide bonds. The molecule has 1 aromatic carbocycles. The summed E-state index contributed by atoms with van der Waals surface area (Å²) in [6, 6.07) is 8.21. The van der Waals surface area contributed by atoms with E-state index in [1.165, 1.54) is 12.1 Å². The van der Waals surface area contributed by atoms with E-state index >= 15 is 0 Å². The second-order valence-corrected chi connectivity index (χ2v) is 8.49. The smallest absolute Gasteiger partial charge is 0.377 e. The van der Waals surface area contributed by atoms with Crippen molar-refractivity contribution in [2.24, 2.45) is 5.73 Å². The van der Waals surface area contributed by atoms with Gasteiger partial charge in [0.05, 0.1) is 4.90 Å². The highest BCUT2D eigenvalue weighted by Crippen LogP contribution is 2.13. The van der Waals surface area contributed by atoms with Gasteiger partial charge in [-0.1, -0.05) is 18.2 Å². The highest BCUT2D eigenvalue weighted by Gasteiger charge is 2.36. The van der Waals surface area contributed by atoms with Gasteiger partial charge in [0.15, 0.2) is 0 Å². The molecule has 1 rings (SSSR count). The maximum absolute atomic E-state index is 10.4. The molecule has 9 heteroatoms. The predicted molar refractivity (Wildman–Crippen MR) is 81.5 cm³/mol. The van der Waals surface area contributed by atoms with Crippen LogP contribution in [0.25, 0.3) is 0 Å². The Hall–Kier alpha value is -0.813. The van der Waals surface area contributed by atoms with Crippen molar-refractivity contribution >= 4 is 18.9 Å². The summed E-state index contributed by atoms with van der Waals surface area (Å²) in [6.07, 6.45) is 0.877. The van der Waals surface area contributed by atoms with Crippen molar-refractivity contribution in [3.05, 3.63) is 30.3 Å². The summed E-state index contributed by atoms with van der Waals surface area (Å²) in [7, 11) is -1.50. The SMILES string of the molecule is CO[Si](CCCN)(OC)OC.O=S(=O)(O)c1ccccc1. The van der Waals surface area contributed by atoms with Gasteiger partial charge < -0.3 is 19.0 Å². The molecule has 0 unspecified atom stereocenters. The number of nitrogens with two attached hydrogens (primary N) is 1. The molecule has 0 aliphatic carbocycles. The molecule has 0 heterocycles. The van der Waals surface area contributed by atoms with E-state index in [2.05, 4.69) is 0 Å². The topological polar surface area (TPSA) is 108 Å². The minimum Gasteiger partial charge on any atom is -0.377 e. The quantitative estimate of drug-likeness (QED) is 0.567. The van der Waals surface area contributed by atoms with E-state index in [0.29, 0.717) is 6.54 Å². The van der Waals surface area contributed by atoms with Crippen LogP contribution in [-0.4, -0.2) is 49.6 Å². The zero-order valence-corrected chi connectivity index (χ0v) is 14.3. The molecule has 7 nitrogen and oxygen atoms in total. The fraction of sp³-hybridized carbons (Fsp3) is 0.500. The largest absolute Gasteiger partial charge is 0.500 e. The summed E-state index contributed by atoms with van der Waals surface area (Å²) in [5, 5.41) is 0. The third kappa shape index (κ3) is 7.67. The normalized spacial score (nSPS) is 11.7. The molecule has 0 aliphatic rings. The summed E-state index contributed by atoms with van der Waals surface area (Å²) in [5.41, 5.74) is 5.36. The van der Waals surface area contributed by atoms with E-state index in [9.17, 15) is 8.42 Å². The van der Waals surface area contributed by atoms with Crippen LogP contribution in [0.15, 0.2) is 35.2 Å². The Morgan fingerprint density at radius 1 is 1.10 bits per heavy atom. The number of hydrogen-bond acceptors (Lipinski definition) is 6. The highest BCUT2D eigenvalue weighted by atomic mass is 32.2. The first-order chi connectivity index (χ1) is 9.85. The average Bonchev–Trinajstić information content (AvgIpc) is 2.50. The molecule has 0 spiro atoms. The van der Waals surface area contributed by atoms with Gasteiger partial charge in [-0.25, -0.2) is 0 Å². The Labute approximate surface area is 127 Å². The predicted octanol–water partition coefficient (Wildman–Crippen LogP) is 1.15. The fourth-order valence-corrected chi connectivity index (χ4v) is 3.72. The number of benzene rings is 1. The van der Waals surface area contributed by atoms with Crippen LogP contribution in [0.3, 0.4) is 0 Å². The van der Waals surface area contributed by atoms with Gasteiger partial charge in [0, 0.05) is 27.4 Å². The molecule has 0 aliphatic heterocycles. The van der Waals surface area contributed by atoms with Crippen LogP contribution < -0.4 is 5.73 Å². The first-order valence-corrected chi connectivity index (χ1v) is 9.60. The zero-order chi connectivity index (χ0) is 16.4. The fourth-order valence-electron chi connectivity index (χ4n) is 1.47. The number of hydrogen-bond donors (Lipinski definition) is 2. The standard InChI is InChI=1S/C6H17NO3Si.C6H6O3S/c1-8-11(9-2,10-3)6-4-5-7;7-10(8,9)6-4-2-1-3-5-6/h4-7H2,1-3H3;1-5H,(H,7,8,9). The van der Waals surface area contributed by atoms with Crippen molar-refractivity contribution in [2.75, 3.05) is 27.9 Å². The van der Waals surface area contributed by atoms with Crippen LogP contribution in [0.1, 0.15) is 6.42 Å². The first-order valence-electron chi connectivity index (χ1n) is 6.23. The summed E-state index contributed by atoms with van der Waals surface area (Å²) in [6.45, 7) is 0.644. The van der Waals surface area contributed by atoms with Gasteiger partial charge in [-0.2, -0.15) is 8.42 Å². The van der Waals surface area contributed by atoms with Gasteiger partial charge in [-0.3, -0.25) is 4.55 Å². The molecule has 0 saturated heterocycles. The first kappa shape index (κ1) is 20.2. The Morgan fingerprint density at radius 3 is 1.86 bits per heavy atom. The lowest BCUT2D eigenvalue weighted by atomic mass is 10.4. The number of rotatable bonds is 7. The molecule has 1 aromatic rings. The maximum atomic E-state index is 10.4. The van der Waals surface area contributed by atoms with E-state index in [1.54, 1.807) is 39.5 Å². The van der Waals surface area contributed by atoms with E-state index in [4.69, 9.17) is 23.6 Å². The van der Waals surface area contributed by atoms with Crippen molar-refractivity contribution in [1.29, 1.82) is 0 Å². The van der Waals surface area contributed by atoms with Gasteiger partial charge in [0.25, 0.3) is 10.1 Å². The van der Waals surface area contributed by atoms with Crippen LogP contribution >= 0.6 is 0 Å². The lowest BCUT2D eigenvalue weighted by molar-refractivity contribution is 0.123. The summed E-state index contributed by atoms with van der Waals surface area (Å²) in [5.74, 6) is 0. The van der Waals surface area contributed by atoms with E-state index in [-0.39, 0.29) is 4.90 Å². The van der Waals surface area contributed by atoms with Crippen LogP contribution in [0.5, 0.6) is 0 Å². The van der Waals surface area contributed by atoms with Crippen molar-refractivity contribution < 1.29 is 26.2 Å². The molecule has 0 radical (unpaired) electrons. The molecular weight excluding hydrogens is 314 g/mol. The van der Waals surface area contributed by atoms with Gasteiger partial charge in [-0.15, -0.1) is 0 Å². The Balaban J connectivity index is 0.000000382. The molecule has 122 valence electrons. The van der Waals surface area contributed by atoms with Crippen molar-refractivity contribution in [3.8, 4) is 0 Å². The van der Waals surface area contributed by atoms with E-state index in [1.807, 2.05) is 0 Å². The van der Waals surface area contributed by atoms with Crippen LogP contribution in [-0.2, 0) is 23.4 Å². The van der Waals surface area contributed by atoms with Gasteiger partial charge in [0.2, 0.25) is 0 Å². The maximum Gasteiger partial charge on any atom is 0.500 e. The molecule has 0 aromatic heterocycles. The summed E-state index contributed by atoms with van der Waals surface area (Å²) < 4.78 is 44.8. The second kappa shape index (κ2) is 10.0. The molecule has 0 bridgehead atoms. The molecule has 3 N–H and O–H groups in total. The minimum atomic E-state index is -4.00. The third-order valence-corrected chi connectivity index (χ3v) is 6.36. The van der Waals surface area contributed by atoms with Gasteiger partial charge in [0.1, 0.15) is 0 Å². The van der Waals surface area contributed by atoms with Crippen LogP contribution in [0, 0.1) is 0 Å². The van der Waals surface area contributed by atoms with Crippen molar-refractivity contribution in [1.82, 2.24) is 0 Å². The Kier molecular flexibility index (Phi) is 9.62. The second-order valence-electron chi connectivity index (χ2n) is 3.98. The molecule has 21 heavy (non-hydrogen) atoms. The molecule has 0 atom stereocenters. The minimum absolute atomic E-state index is 0.0741. The molecular formula is C12H23NO6SSi. The zero-order valence-electron chi connectivity index (χ0n) is 12.5. The van der Waals surface area contributed by atoms with Crippen molar-refractivity contribution in [2.45, 2.75) is 17.4 Å². The Morgan fingerprint density at radius 2 is 1.57 bits per heavy atom. The van der Waals surface area contributed by atoms with Crippen molar-refractivity contribution in [3.63, 3.8) is 0 Å². The molecule has 0 saturated carbocycles. The van der Waals surface area contributed by atoms with Gasteiger partial charge in [-0.05, 0) is 25.1 Å². The third-order valence-electron chi connectivity index (χ3n) is 2.66. The lowest BCUT2D eigenvalue weighted by Gasteiger charge is -2.23. The lowest BCUT2D eigenvalue weighted by Crippen LogP contribution is -2.42. The molecule has 0 fully saturated rings. The van der Waals surface area contributed by atoms with E-state index in [0.717, 1.165) is 12.5 Å². The summed E-state index contributed by atoms with van der Waals surface area (Å²) >= 11 is 0. The monoisotopic (exact) mass is 337 g/mol. The average molecular weight is 337 g/mol. The Bertz CT molecular complexity index is 470.